The molecule has 6 N–H and O–H groups in total. The average Bonchev–Trinajstić information content (AvgIpc) is 2.68. The van der Waals surface area contributed by atoms with Crippen LogP contribution in [0.1, 0.15) is 110 Å². The van der Waals surface area contributed by atoms with E-state index >= 15 is 0 Å². The van der Waals surface area contributed by atoms with Crippen LogP contribution in [0.3, 0.4) is 0 Å². The van der Waals surface area contributed by atoms with Crippen molar-refractivity contribution in [3.8, 4) is 0 Å². The zero-order chi connectivity index (χ0) is 21.4. The van der Waals surface area contributed by atoms with Crippen molar-refractivity contribution in [1.29, 1.82) is 0 Å². The van der Waals surface area contributed by atoms with Crippen LogP contribution in [0.25, 0.3) is 0 Å². The number of hydrogen-bond donors (Lipinski definition) is 3. The molecule has 0 aromatic rings. The molecular weight excluding hydrogens is 378 g/mol. The Labute approximate surface area is 195 Å². The third kappa shape index (κ3) is 71.6. The Morgan fingerprint density at radius 3 is 0.786 bits per heavy atom. The van der Waals surface area contributed by atoms with Crippen LogP contribution >= 0.6 is 0 Å². The van der Waals surface area contributed by atoms with Crippen molar-refractivity contribution >= 4 is 0 Å². The molecule has 0 atom stereocenters. The molecule has 0 heterocycles. The van der Waals surface area contributed by atoms with Crippen molar-refractivity contribution in [3.05, 3.63) is 27.2 Å². The fourth-order valence-electron chi connectivity index (χ4n) is 2.02. The number of nitrogens with two attached hydrogens (primary N) is 3. The summed E-state index contributed by atoms with van der Waals surface area (Å²) in [5, 5.41) is 0. The van der Waals surface area contributed by atoms with Gasteiger partial charge in [-0.1, -0.05) is 57.8 Å². The van der Waals surface area contributed by atoms with Gasteiger partial charge in [0.15, 0.2) is 0 Å². The number of hydrogen-bond acceptors (Lipinski definition) is 3. The van der Waals surface area contributed by atoms with Crippen molar-refractivity contribution in [2.75, 3.05) is 19.6 Å². The molecule has 0 aromatic carbocycles. The summed E-state index contributed by atoms with van der Waals surface area (Å²) in [6.07, 6.45) is 20.3. The van der Waals surface area contributed by atoms with E-state index in [1.807, 2.05) is 20.3 Å². The van der Waals surface area contributed by atoms with Crippen molar-refractivity contribution < 1.29 is 21.7 Å². The van der Waals surface area contributed by atoms with Crippen LogP contribution in [0.4, 0.5) is 0 Å². The van der Waals surface area contributed by atoms with E-state index < -0.39 is 0 Å². The SMILES string of the molecule is C[CH-]C.[CH2-]CCCCCCN.[CH2-]CCCCCCN.[CH2-]CCCCCCN.[Ti+4]. The van der Waals surface area contributed by atoms with Gasteiger partial charge in [-0.15, -0.1) is 0 Å². The molecule has 3 nitrogen and oxygen atoms in total. The quantitative estimate of drug-likeness (QED) is 0.158. The molecular formula is C24H55N3Ti. The molecule has 0 saturated heterocycles. The smallest absolute Gasteiger partial charge is 0.343 e. The van der Waals surface area contributed by atoms with E-state index in [-0.39, 0.29) is 21.7 Å². The minimum atomic E-state index is 0. The minimum Gasteiger partial charge on any atom is -0.343 e. The second-order valence-corrected chi connectivity index (χ2v) is 6.75. The van der Waals surface area contributed by atoms with E-state index in [1.165, 1.54) is 77.0 Å². The summed E-state index contributed by atoms with van der Waals surface area (Å²) >= 11 is 0. The van der Waals surface area contributed by atoms with Crippen LogP contribution in [0.5, 0.6) is 0 Å². The summed E-state index contributed by atoms with van der Waals surface area (Å²) < 4.78 is 0. The Morgan fingerprint density at radius 2 is 0.643 bits per heavy atom. The van der Waals surface area contributed by atoms with Crippen molar-refractivity contribution in [1.82, 2.24) is 0 Å². The van der Waals surface area contributed by atoms with Gasteiger partial charge in [0.25, 0.3) is 0 Å². The maximum Gasteiger partial charge on any atom is 4.00 e. The van der Waals surface area contributed by atoms with E-state index in [2.05, 4.69) is 20.8 Å². The molecule has 0 spiro atoms. The van der Waals surface area contributed by atoms with Crippen molar-refractivity contribution in [2.45, 2.75) is 110 Å². The summed E-state index contributed by atoms with van der Waals surface area (Å²) in [4.78, 5) is 0. The fraction of sp³-hybridized carbons (Fsp3) is 0.833. The predicted octanol–water partition coefficient (Wildman–Crippen LogP) is 6.42. The second kappa shape index (κ2) is 50.8. The van der Waals surface area contributed by atoms with E-state index in [0.29, 0.717) is 0 Å². The van der Waals surface area contributed by atoms with Gasteiger partial charge >= 0.3 is 21.7 Å². The molecule has 4 heteroatoms. The van der Waals surface area contributed by atoms with Crippen molar-refractivity contribution in [3.63, 3.8) is 0 Å². The Balaban J connectivity index is -0.0000000866. The molecule has 0 aromatic heterocycles. The van der Waals surface area contributed by atoms with E-state index in [9.17, 15) is 0 Å². The average molecular weight is 434 g/mol. The van der Waals surface area contributed by atoms with Gasteiger partial charge < -0.3 is 44.4 Å². The first-order valence-electron chi connectivity index (χ1n) is 11.4. The Morgan fingerprint density at radius 1 is 0.464 bits per heavy atom. The van der Waals surface area contributed by atoms with Crippen LogP contribution in [0, 0.1) is 27.2 Å². The monoisotopic (exact) mass is 433 g/mol. The Kier molecular flexibility index (Phi) is 71.0. The summed E-state index contributed by atoms with van der Waals surface area (Å²) in [6.45, 7) is 17.8. The van der Waals surface area contributed by atoms with Gasteiger partial charge in [-0.05, 0) is 38.9 Å². The largest absolute Gasteiger partial charge is 4.00 e. The molecule has 0 aliphatic heterocycles. The molecule has 0 rings (SSSR count). The summed E-state index contributed by atoms with van der Waals surface area (Å²) in [6, 6.07) is 0. The van der Waals surface area contributed by atoms with Gasteiger partial charge in [-0.2, -0.15) is 33.1 Å². The maximum absolute atomic E-state index is 5.30. The Hall–Kier alpha value is 0.594. The number of rotatable bonds is 15. The summed E-state index contributed by atoms with van der Waals surface area (Å²) in [5.41, 5.74) is 15.9. The van der Waals surface area contributed by atoms with Gasteiger partial charge in [-0.25, -0.2) is 0 Å². The van der Waals surface area contributed by atoms with Gasteiger partial charge in [0.05, 0.1) is 0 Å². The summed E-state index contributed by atoms with van der Waals surface area (Å²) in [7, 11) is 0. The molecule has 0 unspecified atom stereocenters. The Bertz CT molecular complexity index is 135. The van der Waals surface area contributed by atoms with Gasteiger partial charge in [0.2, 0.25) is 0 Å². The second-order valence-electron chi connectivity index (χ2n) is 6.75. The van der Waals surface area contributed by atoms with Gasteiger partial charge in [-0.3, -0.25) is 0 Å². The summed E-state index contributed by atoms with van der Waals surface area (Å²) in [5.74, 6) is 0. The normalized spacial score (nSPS) is 9.00. The molecule has 0 saturated carbocycles. The van der Waals surface area contributed by atoms with Crippen LogP contribution in [0.15, 0.2) is 0 Å². The van der Waals surface area contributed by atoms with Crippen LogP contribution in [-0.2, 0) is 21.7 Å². The molecule has 0 bridgehead atoms. The van der Waals surface area contributed by atoms with Gasteiger partial charge in [0.1, 0.15) is 0 Å². The first-order chi connectivity index (χ1) is 13.2. The zero-order valence-electron chi connectivity index (χ0n) is 19.7. The predicted molar refractivity (Wildman–Crippen MR) is 128 cm³/mol. The fourth-order valence-corrected chi connectivity index (χ4v) is 2.02. The third-order valence-corrected chi connectivity index (χ3v) is 3.61. The maximum atomic E-state index is 5.30. The van der Waals surface area contributed by atoms with Gasteiger partial charge in [0, 0.05) is 0 Å². The molecule has 0 amide bonds. The first-order valence-corrected chi connectivity index (χ1v) is 11.4. The molecule has 28 heavy (non-hydrogen) atoms. The molecule has 0 radical (unpaired) electrons. The first kappa shape index (κ1) is 39.1. The van der Waals surface area contributed by atoms with Crippen LogP contribution in [-0.4, -0.2) is 19.6 Å². The van der Waals surface area contributed by atoms with Crippen LogP contribution < -0.4 is 17.2 Å². The molecule has 0 aliphatic rings. The topological polar surface area (TPSA) is 78.1 Å². The standard InChI is InChI=1S/3C7H16N.C3H7.Ti/c3*1-2-3-4-5-6-7-8;1-3-2;/h3*1-8H2;3H,1-2H3;/q4*-1;+4. The van der Waals surface area contributed by atoms with Crippen LogP contribution in [0.2, 0.25) is 0 Å². The molecule has 0 aliphatic carbocycles. The van der Waals surface area contributed by atoms with E-state index in [1.54, 1.807) is 0 Å². The third-order valence-electron chi connectivity index (χ3n) is 3.61. The van der Waals surface area contributed by atoms with E-state index in [4.69, 9.17) is 17.2 Å². The van der Waals surface area contributed by atoms with Crippen molar-refractivity contribution in [2.24, 2.45) is 17.2 Å². The van der Waals surface area contributed by atoms with E-state index in [0.717, 1.165) is 38.9 Å². The molecule has 0 fully saturated rings. The minimum absolute atomic E-state index is 0. The zero-order valence-corrected chi connectivity index (χ0v) is 21.2. The number of unbranched alkanes of at least 4 members (excludes halogenated alkanes) is 12. The molecule has 170 valence electrons.